The molecule has 1 aliphatic carbocycles. The Morgan fingerprint density at radius 1 is 0.742 bits per heavy atom. The van der Waals surface area contributed by atoms with Crippen molar-refractivity contribution < 1.29 is 18.0 Å². The zero-order valence-electron chi connectivity index (χ0n) is 16.5. The van der Waals surface area contributed by atoms with Crippen LogP contribution in [0.15, 0.2) is 83.8 Å². The maximum atomic E-state index is 12.6. The SMILES string of the molecule is O=C(Nc1cccc(NC(=O)C2CC2)c1)c1ccc(S(=O)(=O)Nc2ccccc2)cc1. The molecule has 7 nitrogen and oxygen atoms in total. The molecule has 1 saturated carbocycles. The molecule has 158 valence electrons. The third-order valence-electron chi connectivity index (χ3n) is 4.79. The summed E-state index contributed by atoms with van der Waals surface area (Å²) in [4.78, 5) is 24.5. The van der Waals surface area contributed by atoms with Gasteiger partial charge in [0.2, 0.25) is 5.91 Å². The van der Waals surface area contributed by atoms with Gasteiger partial charge in [-0.3, -0.25) is 14.3 Å². The van der Waals surface area contributed by atoms with Crippen LogP contribution in [0.5, 0.6) is 0 Å². The van der Waals surface area contributed by atoms with Crippen molar-refractivity contribution in [1.82, 2.24) is 0 Å². The molecule has 0 unspecified atom stereocenters. The molecule has 1 fully saturated rings. The van der Waals surface area contributed by atoms with Crippen LogP contribution in [0.3, 0.4) is 0 Å². The number of amides is 2. The number of rotatable bonds is 7. The molecule has 3 aromatic carbocycles. The minimum atomic E-state index is -3.76. The molecule has 0 heterocycles. The number of carbonyl (C=O) groups excluding carboxylic acids is 2. The molecule has 0 saturated heterocycles. The van der Waals surface area contributed by atoms with E-state index >= 15 is 0 Å². The van der Waals surface area contributed by atoms with E-state index in [0.29, 0.717) is 22.6 Å². The Bertz CT molecular complexity index is 1210. The second-order valence-corrected chi connectivity index (χ2v) is 8.98. The number of anilines is 3. The Morgan fingerprint density at radius 2 is 1.35 bits per heavy atom. The first-order valence-corrected chi connectivity index (χ1v) is 11.3. The van der Waals surface area contributed by atoms with E-state index in [2.05, 4.69) is 15.4 Å². The van der Waals surface area contributed by atoms with E-state index in [0.717, 1.165) is 12.8 Å². The lowest BCUT2D eigenvalue weighted by molar-refractivity contribution is -0.117. The molecule has 0 spiro atoms. The highest BCUT2D eigenvalue weighted by Crippen LogP contribution is 2.30. The maximum Gasteiger partial charge on any atom is 0.261 e. The number of hydrogen-bond acceptors (Lipinski definition) is 4. The van der Waals surface area contributed by atoms with Crippen LogP contribution in [0.4, 0.5) is 17.1 Å². The number of nitrogens with one attached hydrogen (secondary N) is 3. The average molecular weight is 436 g/mol. The van der Waals surface area contributed by atoms with Gasteiger partial charge in [-0.1, -0.05) is 24.3 Å². The summed E-state index contributed by atoms with van der Waals surface area (Å²) in [6.07, 6.45) is 1.82. The third kappa shape index (κ3) is 5.29. The third-order valence-corrected chi connectivity index (χ3v) is 6.19. The second-order valence-electron chi connectivity index (χ2n) is 7.29. The van der Waals surface area contributed by atoms with Gasteiger partial charge >= 0.3 is 0 Å². The molecule has 0 atom stereocenters. The quantitative estimate of drug-likeness (QED) is 0.520. The first-order valence-electron chi connectivity index (χ1n) is 9.81. The molecule has 3 aromatic rings. The van der Waals surface area contributed by atoms with Crippen LogP contribution in [0.25, 0.3) is 0 Å². The smallest absolute Gasteiger partial charge is 0.261 e. The molecule has 31 heavy (non-hydrogen) atoms. The standard InChI is InChI=1S/C23H21N3O4S/c27-22(16-9-10-16)24-19-7-4-8-20(15-19)25-23(28)17-11-13-21(14-12-17)31(29,30)26-18-5-2-1-3-6-18/h1-8,11-16,26H,9-10H2,(H,24,27)(H,25,28). The Labute approximate surface area is 180 Å². The summed E-state index contributed by atoms with van der Waals surface area (Å²) < 4.78 is 27.5. The van der Waals surface area contributed by atoms with Crippen molar-refractivity contribution in [3.05, 3.63) is 84.4 Å². The van der Waals surface area contributed by atoms with Crippen LogP contribution in [-0.2, 0) is 14.8 Å². The van der Waals surface area contributed by atoms with Crippen molar-refractivity contribution in [1.29, 1.82) is 0 Å². The molecular formula is C23H21N3O4S. The van der Waals surface area contributed by atoms with E-state index in [4.69, 9.17) is 0 Å². The summed E-state index contributed by atoms with van der Waals surface area (Å²) in [6.45, 7) is 0. The fourth-order valence-electron chi connectivity index (χ4n) is 2.97. The van der Waals surface area contributed by atoms with Crippen molar-refractivity contribution in [2.24, 2.45) is 5.92 Å². The van der Waals surface area contributed by atoms with Crippen LogP contribution < -0.4 is 15.4 Å². The monoisotopic (exact) mass is 435 g/mol. The average Bonchev–Trinajstić information content (AvgIpc) is 3.60. The molecule has 8 heteroatoms. The maximum absolute atomic E-state index is 12.6. The highest BCUT2D eigenvalue weighted by molar-refractivity contribution is 7.92. The number of carbonyl (C=O) groups is 2. The number of para-hydroxylation sites is 1. The van der Waals surface area contributed by atoms with Gasteiger partial charge in [-0.05, 0) is 67.4 Å². The lowest BCUT2D eigenvalue weighted by atomic mass is 10.2. The van der Waals surface area contributed by atoms with Crippen LogP contribution in [0.1, 0.15) is 23.2 Å². The highest BCUT2D eigenvalue weighted by Gasteiger charge is 2.29. The predicted molar refractivity (Wildman–Crippen MR) is 119 cm³/mol. The van der Waals surface area contributed by atoms with Crippen molar-refractivity contribution in [2.75, 3.05) is 15.4 Å². The van der Waals surface area contributed by atoms with Crippen molar-refractivity contribution in [3.63, 3.8) is 0 Å². The summed E-state index contributed by atoms with van der Waals surface area (Å²) in [5, 5.41) is 5.60. The van der Waals surface area contributed by atoms with E-state index in [-0.39, 0.29) is 22.6 Å². The van der Waals surface area contributed by atoms with Crippen molar-refractivity contribution in [2.45, 2.75) is 17.7 Å². The summed E-state index contributed by atoms with van der Waals surface area (Å²) in [5.41, 5.74) is 1.91. The molecule has 3 N–H and O–H groups in total. The number of hydrogen-bond donors (Lipinski definition) is 3. The largest absolute Gasteiger partial charge is 0.326 e. The van der Waals surface area contributed by atoms with Crippen LogP contribution in [-0.4, -0.2) is 20.2 Å². The van der Waals surface area contributed by atoms with Gasteiger partial charge in [0, 0.05) is 28.5 Å². The van der Waals surface area contributed by atoms with Gasteiger partial charge in [0.15, 0.2) is 0 Å². The number of sulfonamides is 1. The summed E-state index contributed by atoms with van der Waals surface area (Å²) in [7, 11) is -3.76. The minimum Gasteiger partial charge on any atom is -0.326 e. The topological polar surface area (TPSA) is 104 Å². The van der Waals surface area contributed by atoms with Crippen LogP contribution in [0, 0.1) is 5.92 Å². The van der Waals surface area contributed by atoms with E-state index in [1.807, 2.05) is 0 Å². The minimum absolute atomic E-state index is 0.00983. The van der Waals surface area contributed by atoms with Gasteiger partial charge < -0.3 is 10.6 Å². The van der Waals surface area contributed by atoms with E-state index in [1.165, 1.54) is 24.3 Å². The number of benzene rings is 3. The first-order chi connectivity index (χ1) is 14.9. The fraction of sp³-hybridized carbons (Fsp3) is 0.130. The molecule has 2 amide bonds. The van der Waals surface area contributed by atoms with Gasteiger partial charge in [0.1, 0.15) is 0 Å². The van der Waals surface area contributed by atoms with Gasteiger partial charge in [-0.25, -0.2) is 8.42 Å². The van der Waals surface area contributed by atoms with E-state index in [9.17, 15) is 18.0 Å². The van der Waals surface area contributed by atoms with Gasteiger partial charge in [0.05, 0.1) is 4.90 Å². The van der Waals surface area contributed by atoms with E-state index in [1.54, 1.807) is 54.6 Å². The fourth-order valence-corrected chi connectivity index (χ4v) is 4.03. The Morgan fingerprint density at radius 3 is 2.00 bits per heavy atom. The zero-order chi connectivity index (χ0) is 21.8. The lowest BCUT2D eigenvalue weighted by Crippen LogP contribution is -2.15. The Balaban J connectivity index is 1.42. The normalized spacial score (nSPS) is 13.3. The molecule has 0 bridgehead atoms. The molecule has 4 rings (SSSR count). The summed E-state index contributed by atoms with van der Waals surface area (Å²) in [5.74, 6) is -0.306. The van der Waals surface area contributed by atoms with Gasteiger partial charge in [-0.15, -0.1) is 0 Å². The van der Waals surface area contributed by atoms with E-state index < -0.39 is 10.0 Å². The van der Waals surface area contributed by atoms with Crippen molar-refractivity contribution in [3.8, 4) is 0 Å². The summed E-state index contributed by atoms with van der Waals surface area (Å²) in [6, 6.07) is 21.1. The van der Waals surface area contributed by atoms with Crippen LogP contribution in [0.2, 0.25) is 0 Å². The molecule has 0 aliphatic heterocycles. The van der Waals surface area contributed by atoms with Crippen molar-refractivity contribution >= 4 is 38.9 Å². The zero-order valence-corrected chi connectivity index (χ0v) is 17.4. The van der Waals surface area contributed by atoms with Crippen LogP contribution >= 0.6 is 0 Å². The first kappa shape index (κ1) is 20.6. The highest BCUT2D eigenvalue weighted by atomic mass is 32.2. The predicted octanol–water partition coefficient (Wildman–Crippen LogP) is 4.09. The molecule has 1 aliphatic rings. The Hall–Kier alpha value is -3.65. The van der Waals surface area contributed by atoms with Gasteiger partial charge in [-0.2, -0.15) is 0 Å². The molecule has 0 aromatic heterocycles. The lowest BCUT2D eigenvalue weighted by Gasteiger charge is -2.10. The molecule has 0 radical (unpaired) electrons. The molecular weight excluding hydrogens is 414 g/mol. The second kappa shape index (κ2) is 8.61. The Kier molecular flexibility index (Phi) is 5.73. The van der Waals surface area contributed by atoms with Gasteiger partial charge in [0.25, 0.3) is 15.9 Å². The summed E-state index contributed by atoms with van der Waals surface area (Å²) >= 11 is 0.